The van der Waals surface area contributed by atoms with Crippen LogP contribution in [0.1, 0.15) is 12.5 Å². The van der Waals surface area contributed by atoms with Gasteiger partial charge in [0.25, 0.3) is 0 Å². The second-order valence-corrected chi connectivity index (χ2v) is 7.77. The molecule has 0 unspecified atom stereocenters. The molecule has 2 aromatic carbocycles. The number of ether oxygens (including phenoxy) is 2. The number of aromatic amines is 2. The number of hydrogen-bond acceptors (Lipinski definition) is 5. The first-order valence-electron chi connectivity index (χ1n) is 9.08. The van der Waals surface area contributed by atoms with E-state index >= 15 is 0 Å². The maximum atomic E-state index is 12.8. The van der Waals surface area contributed by atoms with Crippen molar-refractivity contribution in [1.82, 2.24) is 14.6 Å². The van der Waals surface area contributed by atoms with E-state index in [0.717, 1.165) is 31.2 Å². The molecule has 3 heterocycles. The monoisotopic (exact) mass is 466 g/mol. The smallest absolute Gasteiger partial charge is 0.350 e. The highest BCUT2D eigenvalue weighted by Gasteiger charge is 2.14. The molecule has 8 nitrogen and oxygen atoms in total. The Bertz CT molecular complexity index is 1490. The van der Waals surface area contributed by atoms with Crippen molar-refractivity contribution in [3.05, 3.63) is 72.8 Å². The fourth-order valence-corrected chi connectivity index (χ4v) is 3.73. The molecular weight excluding hydrogens is 452 g/mol. The molecule has 1 aliphatic rings. The van der Waals surface area contributed by atoms with Crippen LogP contribution < -0.4 is 20.7 Å². The van der Waals surface area contributed by atoms with Crippen molar-refractivity contribution in [2.24, 2.45) is 5.10 Å². The molecule has 0 atom stereocenters. The van der Waals surface area contributed by atoms with Gasteiger partial charge in [0, 0.05) is 15.4 Å². The van der Waals surface area contributed by atoms with Crippen LogP contribution >= 0.6 is 15.9 Å². The maximum Gasteiger partial charge on any atom is 0.350 e. The topological polar surface area (TPSA) is 101 Å². The van der Waals surface area contributed by atoms with Gasteiger partial charge in [0.1, 0.15) is 5.52 Å². The third-order valence-electron chi connectivity index (χ3n) is 4.76. The summed E-state index contributed by atoms with van der Waals surface area (Å²) in [6.45, 7) is 2.04. The zero-order valence-corrected chi connectivity index (χ0v) is 17.3. The van der Waals surface area contributed by atoms with Crippen LogP contribution in [0.5, 0.6) is 11.5 Å². The molecule has 5 rings (SSSR count). The summed E-state index contributed by atoms with van der Waals surface area (Å²) in [7, 11) is 0. The average molecular weight is 467 g/mol. The molecule has 9 heteroatoms. The summed E-state index contributed by atoms with van der Waals surface area (Å²) in [4.78, 5) is 31.1. The van der Waals surface area contributed by atoms with Gasteiger partial charge in [-0.1, -0.05) is 28.1 Å². The van der Waals surface area contributed by atoms with Crippen LogP contribution in [0.25, 0.3) is 28.0 Å². The predicted octanol–water partition coefficient (Wildman–Crippen LogP) is 3.60. The fourth-order valence-electron chi connectivity index (χ4n) is 3.37. The highest BCUT2D eigenvalue weighted by atomic mass is 79.9. The van der Waals surface area contributed by atoms with E-state index in [2.05, 4.69) is 31.0 Å². The first kappa shape index (κ1) is 18.4. The molecule has 0 saturated heterocycles. The summed E-state index contributed by atoms with van der Waals surface area (Å²) in [5, 5.41) is 4.85. The SMILES string of the molecule is CC(/C=N\n1c(=O)[nH]c2c([nH]c3ccc(Br)cc32)c1=O)=C\c1ccc2c(c1)OCO2. The van der Waals surface area contributed by atoms with Crippen molar-refractivity contribution >= 4 is 50.2 Å². The van der Waals surface area contributed by atoms with Crippen LogP contribution in [0.4, 0.5) is 0 Å². The number of nitrogens with one attached hydrogen (secondary N) is 2. The van der Waals surface area contributed by atoms with Gasteiger partial charge in [-0.3, -0.25) is 4.79 Å². The van der Waals surface area contributed by atoms with Crippen molar-refractivity contribution in [1.29, 1.82) is 0 Å². The Hall–Kier alpha value is -3.59. The van der Waals surface area contributed by atoms with Gasteiger partial charge in [-0.05, 0) is 48.4 Å². The average Bonchev–Trinajstić information content (AvgIpc) is 3.32. The molecule has 150 valence electrons. The molecule has 0 amide bonds. The summed E-state index contributed by atoms with van der Waals surface area (Å²) in [5.74, 6) is 1.38. The van der Waals surface area contributed by atoms with Gasteiger partial charge in [0.05, 0.1) is 11.7 Å². The van der Waals surface area contributed by atoms with Gasteiger partial charge in [0.15, 0.2) is 11.5 Å². The van der Waals surface area contributed by atoms with Gasteiger partial charge < -0.3 is 19.4 Å². The van der Waals surface area contributed by atoms with E-state index in [1.54, 1.807) is 0 Å². The number of fused-ring (bicyclic) bond motifs is 4. The molecular formula is C21H15BrN4O4. The fraction of sp³-hybridized carbons (Fsp3) is 0.0952. The van der Waals surface area contributed by atoms with E-state index in [1.807, 2.05) is 49.4 Å². The van der Waals surface area contributed by atoms with Crippen molar-refractivity contribution < 1.29 is 9.47 Å². The zero-order valence-electron chi connectivity index (χ0n) is 15.7. The Balaban J connectivity index is 1.53. The highest BCUT2D eigenvalue weighted by Crippen LogP contribution is 2.33. The van der Waals surface area contributed by atoms with Crippen molar-refractivity contribution in [2.75, 3.05) is 6.79 Å². The lowest BCUT2D eigenvalue weighted by atomic mass is 10.1. The Kier molecular flexibility index (Phi) is 4.32. The molecule has 0 aliphatic carbocycles. The molecule has 0 saturated carbocycles. The number of nitrogens with zero attached hydrogens (tertiary/aromatic N) is 2. The van der Waals surface area contributed by atoms with E-state index < -0.39 is 11.2 Å². The summed E-state index contributed by atoms with van der Waals surface area (Å²) in [6.07, 6.45) is 3.33. The quantitative estimate of drug-likeness (QED) is 0.450. The van der Waals surface area contributed by atoms with Crippen LogP contribution in [0.15, 0.2) is 61.1 Å². The summed E-state index contributed by atoms with van der Waals surface area (Å²) >= 11 is 3.40. The molecule has 2 N–H and O–H groups in total. The molecule has 0 bridgehead atoms. The minimum Gasteiger partial charge on any atom is -0.454 e. The number of hydrogen-bond donors (Lipinski definition) is 2. The van der Waals surface area contributed by atoms with Crippen LogP contribution in [-0.2, 0) is 0 Å². The molecule has 0 spiro atoms. The minimum atomic E-state index is -0.611. The lowest BCUT2D eigenvalue weighted by molar-refractivity contribution is 0.174. The Morgan fingerprint density at radius 3 is 2.80 bits per heavy atom. The lowest BCUT2D eigenvalue weighted by Crippen LogP contribution is -2.32. The second kappa shape index (κ2) is 7.03. The van der Waals surface area contributed by atoms with E-state index in [0.29, 0.717) is 17.0 Å². The molecule has 1 aliphatic heterocycles. The third-order valence-corrected chi connectivity index (χ3v) is 5.25. The summed E-state index contributed by atoms with van der Waals surface area (Å²) < 4.78 is 12.3. The number of halogens is 1. The first-order chi connectivity index (χ1) is 14.5. The van der Waals surface area contributed by atoms with E-state index in [-0.39, 0.29) is 12.3 Å². The normalized spacial score (nSPS) is 13.7. The molecule has 30 heavy (non-hydrogen) atoms. The van der Waals surface area contributed by atoms with Gasteiger partial charge in [-0.15, -0.1) is 4.68 Å². The largest absolute Gasteiger partial charge is 0.454 e. The van der Waals surface area contributed by atoms with E-state index in [1.165, 1.54) is 6.21 Å². The van der Waals surface area contributed by atoms with Crippen molar-refractivity contribution in [3.63, 3.8) is 0 Å². The molecule has 0 fully saturated rings. The standard InChI is InChI=1S/C21H15BrN4O4/c1-11(6-12-2-5-16-17(7-12)30-10-29-16)9-23-26-20(27)19-18(25-21(26)28)14-8-13(22)3-4-15(14)24-19/h2-9,24H,10H2,1H3,(H,25,28)/b11-6+,23-9-. The third kappa shape index (κ3) is 3.13. The lowest BCUT2D eigenvalue weighted by Gasteiger charge is -2.00. The van der Waals surface area contributed by atoms with Gasteiger partial charge in [-0.2, -0.15) is 5.10 Å². The highest BCUT2D eigenvalue weighted by molar-refractivity contribution is 9.10. The number of allylic oxidation sites excluding steroid dienone is 1. The first-order valence-corrected chi connectivity index (χ1v) is 9.87. The van der Waals surface area contributed by atoms with E-state index in [4.69, 9.17) is 9.47 Å². The van der Waals surface area contributed by atoms with Crippen LogP contribution in [0.3, 0.4) is 0 Å². The molecule has 2 aromatic heterocycles. The minimum absolute atomic E-state index is 0.210. The maximum absolute atomic E-state index is 12.8. The summed E-state index contributed by atoms with van der Waals surface area (Å²) in [6, 6.07) is 11.1. The van der Waals surface area contributed by atoms with Crippen molar-refractivity contribution in [2.45, 2.75) is 6.92 Å². The van der Waals surface area contributed by atoms with Gasteiger partial charge >= 0.3 is 11.2 Å². The second-order valence-electron chi connectivity index (χ2n) is 6.86. The number of H-pyrrole nitrogens is 2. The number of benzene rings is 2. The number of rotatable bonds is 3. The van der Waals surface area contributed by atoms with Gasteiger partial charge in [0.2, 0.25) is 6.79 Å². The Morgan fingerprint density at radius 2 is 1.93 bits per heavy atom. The Morgan fingerprint density at radius 1 is 1.10 bits per heavy atom. The predicted molar refractivity (Wildman–Crippen MR) is 118 cm³/mol. The molecule has 4 aromatic rings. The van der Waals surface area contributed by atoms with Crippen LogP contribution in [-0.4, -0.2) is 27.7 Å². The van der Waals surface area contributed by atoms with E-state index in [9.17, 15) is 9.59 Å². The summed E-state index contributed by atoms with van der Waals surface area (Å²) in [5.41, 5.74) is 2.01. The molecule has 0 radical (unpaired) electrons. The Labute approximate surface area is 177 Å². The van der Waals surface area contributed by atoms with Gasteiger partial charge in [-0.25, -0.2) is 4.79 Å². The zero-order chi connectivity index (χ0) is 20.8. The van der Waals surface area contributed by atoms with Crippen LogP contribution in [0.2, 0.25) is 0 Å². The van der Waals surface area contributed by atoms with Crippen LogP contribution in [0, 0.1) is 0 Å². The van der Waals surface area contributed by atoms with Crippen molar-refractivity contribution in [3.8, 4) is 11.5 Å². The number of aromatic nitrogens is 3.